The van der Waals surface area contributed by atoms with E-state index in [0.29, 0.717) is 0 Å². The molecule has 1 aromatic rings. The van der Waals surface area contributed by atoms with Gasteiger partial charge in [0.15, 0.2) is 0 Å². The molecular formula is C14H17NO3. The number of aryl methyl sites for hydroxylation is 1. The number of aliphatic carboxylic acids is 1. The minimum absolute atomic E-state index is 0.361. The van der Waals surface area contributed by atoms with Gasteiger partial charge in [-0.1, -0.05) is 25.5 Å². The fourth-order valence-corrected chi connectivity index (χ4v) is 1.56. The van der Waals surface area contributed by atoms with Gasteiger partial charge in [-0.25, -0.2) is 4.79 Å². The van der Waals surface area contributed by atoms with E-state index in [-0.39, 0.29) is 5.91 Å². The number of amides is 1. The Balaban J connectivity index is 2.74. The third kappa shape index (κ3) is 4.05. The molecule has 0 atom stereocenters. The van der Waals surface area contributed by atoms with Crippen LogP contribution in [0.2, 0.25) is 0 Å². The van der Waals surface area contributed by atoms with Crippen LogP contribution >= 0.6 is 0 Å². The topological polar surface area (TPSA) is 57.6 Å². The quantitative estimate of drug-likeness (QED) is 0.812. The number of benzene rings is 1. The molecule has 0 aliphatic rings. The minimum atomic E-state index is -1.13. The van der Waals surface area contributed by atoms with Crippen LogP contribution in [0.1, 0.15) is 18.9 Å². The summed E-state index contributed by atoms with van der Waals surface area (Å²) in [6.07, 6.45) is 3.97. The van der Waals surface area contributed by atoms with Crippen LogP contribution in [-0.4, -0.2) is 24.0 Å². The van der Waals surface area contributed by atoms with Crippen molar-refractivity contribution in [3.05, 3.63) is 42.0 Å². The second-order valence-corrected chi connectivity index (χ2v) is 3.99. The highest BCUT2D eigenvalue weighted by atomic mass is 16.4. The molecule has 0 bridgehead atoms. The van der Waals surface area contributed by atoms with Crippen LogP contribution in [0, 0.1) is 0 Å². The van der Waals surface area contributed by atoms with Crippen LogP contribution in [-0.2, 0) is 16.0 Å². The van der Waals surface area contributed by atoms with Gasteiger partial charge in [-0.05, 0) is 24.1 Å². The zero-order chi connectivity index (χ0) is 13.5. The molecule has 0 unspecified atom stereocenters. The molecule has 1 rings (SSSR count). The van der Waals surface area contributed by atoms with Crippen LogP contribution in [0.5, 0.6) is 0 Å². The van der Waals surface area contributed by atoms with E-state index in [2.05, 4.69) is 6.92 Å². The maximum atomic E-state index is 11.6. The summed E-state index contributed by atoms with van der Waals surface area (Å²) in [4.78, 5) is 23.4. The van der Waals surface area contributed by atoms with E-state index in [0.717, 1.165) is 30.7 Å². The summed E-state index contributed by atoms with van der Waals surface area (Å²) in [5, 5.41) is 8.45. The SMILES string of the molecule is CCCc1ccc(N(C)C(=O)/C=C/C(=O)O)cc1. The molecule has 1 aromatic carbocycles. The van der Waals surface area contributed by atoms with E-state index in [9.17, 15) is 9.59 Å². The number of carbonyl (C=O) groups is 2. The second-order valence-electron chi connectivity index (χ2n) is 3.99. The summed E-state index contributed by atoms with van der Waals surface area (Å²) in [5.74, 6) is -1.49. The van der Waals surface area contributed by atoms with Crippen molar-refractivity contribution >= 4 is 17.6 Å². The first kappa shape index (κ1) is 14.0. The molecule has 96 valence electrons. The third-order valence-corrected chi connectivity index (χ3v) is 2.56. The fourth-order valence-electron chi connectivity index (χ4n) is 1.56. The Hall–Kier alpha value is -2.10. The molecule has 18 heavy (non-hydrogen) atoms. The van der Waals surface area contributed by atoms with Gasteiger partial charge in [-0.3, -0.25) is 4.79 Å². The van der Waals surface area contributed by atoms with E-state index in [1.54, 1.807) is 7.05 Å². The molecule has 1 N–H and O–H groups in total. The average Bonchev–Trinajstić information content (AvgIpc) is 2.36. The Morgan fingerprint density at radius 3 is 2.33 bits per heavy atom. The van der Waals surface area contributed by atoms with E-state index >= 15 is 0 Å². The zero-order valence-corrected chi connectivity index (χ0v) is 10.6. The Bertz CT molecular complexity index is 449. The summed E-state index contributed by atoms with van der Waals surface area (Å²) in [7, 11) is 1.61. The van der Waals surface area contributed by atoms with E-state index in [4.69, 9.17) is 5.11 Å². The number of carbonyl (C=O) groups excluding carboxylic acids is 1. The molecule has 0 fully saturated rings. The first-order chi connectivity index (χ1) is 8.54. The van der Waals surface area contributed by atoms with Gasteiger partial charge in [0.25, 0.3) is 5.91 Å². The van der Waals surface area contributed by atoms with Crippen molar-refractivity contribution in [3.8, 4) is 0 Å². The molecule has 0 saturated carbocycles. The molecule has 1 amide bonds. The molecule has 0 heterocycles. The molecule has 0 aliphatic carbocycles. The van der Waals surface area contributed by atoms with Crippen LogP contribution in [0.3, 0.4) is 0 Å². The van der Waals surface area contributed by atoms with Gasteiger partial charge in [0.05, 0.1) is 0 Å². The Kier molecular flexibility index (Phi) is 5.11. The summed E-state index contributed by atoms with van der Waals surface area (Å²) in [5.41, 5.74) is 1.97. The number of hydrogen-bond acceptors (Lipinski definition) is 2. The normalized spacial score (nSPS) is 10.6. The van der Waals surface area contributed by atoms with Crippen molar-refractivity contribution in [2.75, 3.05) is 11.9 Å². The predicted molar refractivity (Wildman–Crippen MR) is 70.6 cm³/mol. The first-order valence-corrected chi connectivity index (χ1v) is 5.82. The standard InChI is InChI=1S/C14H17NO3/c1-3-4-11-5-7-12(8-6-11)15(2)13(16)9-10-14(17)18/h5-10H,3-4H2,1-2H3,(H,17,18)/b10-9+. The van der Waals surface area contributed by atoms with Crippen LogP contribution in [0.25, 0.3) is 0 Å². The lowest BCUT2D eigenvalue weighted by Gasteiger charge is -2.15. The van der Waals surface area contributed by atoms with Crippen molar-refractivity contribution in [1.82, 2.24) is 0 Å². The number of carboxylic acids is 1. The van der Waals surface area contributed by atoms with Crippen LogP contribution in [0.4, 0.5) is 5.69 Å². The summed E-state index contributed by atoms with van der Waals surface area (Å²) in [6.45, 7) is 2.11. The third-order valence-electron chi connectivity index (χ3n) is 2.56. The first-order valence-electron chi connectivity index (χ1n) is 5.82. The van der Waals surface area contributed by atoms with E-state index in [1.165, 1.54) is 10.5 Å². The van der Waals surface area contributed by atoms with Crippen LogP contribution in [0.15, 0.2) is 36.4 Å². The maximum absolute atomic E-state index is 11.6. The number of rotatable bonds is 5. The average molecular weight is 247 g/mol. The van der Waals surface area contributed by atoms with Gasteiger partial charge in [0.1, 0.15) is 0 Å². The highest BCUT2D eigenvalue weighted by molar-refractivity contribution is 6.03. The van der Waals surface area contributed by atoms with Crippen molar-refractivity contribution in [2.45, 2.75) is 19.8 Å². The lowest BCUT2D eigenvalue weighted by atomic mass is 10.1. The number of anilines is 1. The zero-order valence-electron chi connectivity index (χ0n) is 10.6. The summed E-state index contributed by atoms with van der Waals surface area (Å²) in [6, 6.07) is 7.67. The van der Waals surface area contributed by atoms with Gasteiger partial charge >= 0.3 is 5.97 Å². The van der Waals surface area contributed by atoms with Gasteiger partial charge in [-0.2, -0.15) is 0 Å². The number of hydrogen-bond donors (Lipinski definition) is 1. The van der Waals surface area contributed by atoms with Crippen molar-refractivity contribution < 1.29 is 14.7 Å². The van der Waals surface area contributed by atoms with Gasteiger partial charge < -0.3 is 10.0 Å². The number of likely N-dealkylation sites (N-methyl/N-ethyl adjacent to an activating group) is 1. The highest BCUT2D eigenvalue weighted by Gasteiger charge is 2.07. The molecule has 4 heteroatoms. The van der Waals surface area contributed by atoms with Crippen LogP contribution < -0.4 is 4.90 Å². The number of nitrogens with zero attached hydrogens (tertiary/aromatic N) is 1. The van der Waals surface area contributed by atoms with Crippen molar-refractivity contribution in [3.63, 3.8) is 0 Å². The maximum Gasteiger partial charge on any atom is 0.328 e. The largest absolute Gasteiger partial charge is 0.478 e. The lowest BCUT2D eigenvalue weighted by molar-refractivity contribution is -0.131. The Morgan fingerprint density at radius 2 is 1.83 bits per heavy atom. The van der Waals surface area contributed by atoms with Gasteiger partial charge in [0, 0.05) is 24.9 Å². The van der Waals surface area contributed by atoms with E-state index < -0.39 is 5.97 Å². The molecule has 0 aliphatic heterocycles. The van der Waals surface area contributed by atoms with Gasteiger partial charge in [0.2, 0.25) is 0 Å². The second kappa shape index (κ2) is 6.59. The van der Waals surface area contributed by atoms with Crippen molar-refractivity contribution in [1.29, 1.82) is 0 Å². The fraction of sp³-hybridized carbons (Fsp3) is 0.286. The molecule has 0 aromatic heterocycles. The summed E-state index contributed by atoms with van der Waals surface area (Å²) >= 11 is 0. The Labute approximate surface area is 107 Å². The van der Waals surface area contributed by atoms with Gasteiger partial charge in [-0.15, -0.1) is 0 Å². The molecule has 0 radical (unpaired) electrons. The Morgan fingerprint density at radius 1 is 1.22 bits per heavy atom. The lowest BCUT2D eigenvalue weighted by Crippen LogP contribution is -2.24. The number of carboxylic acid groups (broad SMARTS) is 1. The minimum Gasteiger partial charge on any atom is -0.478 e. The monoisotopic (exact) mass is 247 g/mol. The predicted octanol–water partition coefficient (Wildman–Crippen LogP) is 2.24. The summed E-state index contributed by atoms with van der Waals surface area (Å²) < 4.78 is 0. The molecule has 4 nitrogen and oxygen atoms in total. The highest BCUT2D eigenvalue weighted by Crippen LogP contribution is 2.15. The molecular weight excluding hydrogens is 230 g/mol. The van der Waals surface area contributed by atoms with Crippen molar-refractivity contribution in [2.24, 2.45) is 0 Å². The smallest absolute Gasteiger partial charge is 0.328 e. The van der Waals surface area contributed by atoms with E-state index in [1.807, 2.05) is 24.3 Å². The molecule has 0 spiro atoms. The molecule has 0 saturated heterocycles.